The standard InChI is InChI=1S/C15H19ClO3/c16-11-6-4-10(5-7-11)13(17)9-8-12-14(18)2-1-3-15(12)19/h4-7,12,14-15,18-19H,1-3,8-9H2. The van der Waals surface area contributed by atoms with Crippen molar-refractivity contribution in [3.8, 4) is 0 Å². The average molecular weight is 283 g/mol. The third kappa shape index (κ3) is 3.78. The second kappa shape index (κ2) is 6.51. The van der Waals surface area contributed by atoms with E-state index in [-0.39, 0.29) is 11.7 Å². The minimum Gasteiger partial charge on any atom is -0.393 e. The summed E-state index contributed by atoms with van der Waals surface area (Å²) in [6.07, 6.45) is 2.20. The molecule has 3 nitrogen and oxygen atoms in total. The van der Waals surface area contributed by atoms with Crippen LogP contribution in [0.15, 0.2) is 24.3 Å². The molecule has 0 radical (unpaired) electrons. The second-order valence-electron chi connectivity index (χ2n) is 5.20. The third-order valence-corrected chi connectivity index (χ3v) is 4.11. The first kappa shape index (κ1) is 14.5. The lowest BCUT2D eigenvalue weighted by Crippen LogP contribution is -2.36. The van der Waals surface area contributed by atoms with Crippen molar-refractivity contribution in [2.24, 2.45) is 5.92 Å². The van der Waals surface area contributed by atoms with Crippen LogP contribution >= 0.6 is 11.6 Å². The first-order valence-corrected chi connectivity index (χ1v) is 7.10. The van der Waals surface area contributed by atoms with Crippen molar-refractivity contribution >= 4 is 17.4 Å². The fraction of sp³-hybridized carbons (Fsp3) is 0.533. The summed E-state index contributed by atoms with van der Waals surface area (Å²) in [6.45, 7) is 0. The van der Waals surface area contributed by atoms with Gasteiger partial charge in [0.2, 0.25) is 0 Å². The molecule has 1 aliphatic rings. The van der Waals surface area contributed by atoms with Crippen molar-refractivity contribution in [2.75, 3.05) is 0 Å². The summed E-state index contributed by atoms with van der Waals surface area (Å²) < 4.78 is 0. The van der Waals surface area contributed by atoms with E-state index in [4.69, 9.17) is 11.6 Å². The van der Waals surface area contributed by atoms with Gasteiger partial charge >= 0.3 is 0 Å². The number of Topliss-reactive ketones (excluding diaryl/α,β-unsaturated/α-hetero) is 1. The Balaban J connectivity index is 1.90. The number of aliphatic hydroxyl groups is 2. The summed E-state index contributed by atoms with van der Waals surface area (Å²) in [4.78, 5) is 12.0. The molecular formula is C15H19ClO3. The van der Waals surface area contributed by atoms with Crippen LogP contribution in [0.2, 0.25) is 5.02 Å². The van der Waals surface area contributed by atoms with E-state index >= 15 is 0 Å². The minimum absolute atomic E-state index is 0.0293. The minimum atomic E-state index is -0.484. The molecule has 2 unspecified atom stereocenters. The Morgan fingerprint density at radius 2 is 1.74 bits per heavy atom. The molecule has 2 N–H and O–H groups in total. The Morgan fingerprint density at radius 3 is 2.32 bits per heavy atom. The van der Waals surface area contributed by atoms with Gasteiger partial charge in [-0.2, -0.15) is 0 Å². The Morgan fingerprint density at radius 1 is 1.16 bits per heavy atom. The van der Waals surface area contributed by atoms with E-state index < -0.39 is 12.2 Å². The van der Waals surface area contributed by atoms with Crippen LogP contribution in [0.3, 0.4) is 0 Å². The van der Waals surface area contributed by atoms with Gasteiger partial charge in [0.15, 0.2) is 5.78 Å². The number of carbonyl (C=O) groups excluding carboxylic acids is 1. The summed E-state index contributed by atoms with van der Waals surface area (Å²) in [5, 5.41) is 20.3. The van der Waals surface area contributed by atoms with Gasteiger partial charge in [0.1, 0.15) is 0 Å². The molecule has 104 valence electrons. The monoisotopic (exact) mass is 282 g/mol. The number of hydrogen-bond acceptors (Lipinski definition) is 3. The van der Waals surface area contributed by atoms with Crippen LogP contribution in [0.5, 0.6) is 0 Å². The van der Waals surface area contributed by atoms with Gasteiger partial charge in [0.05, 0.1) is 12.2 Å². The Bertz CT molecular complexity index is 420. The molecule has 2 rings (SSSR count). The topological polar surface area (TPSA) is 57.5 Å². The summed E-state index contributed by atoms with van der Waals surface area (Å²) in [5.41, 5.74) is 0.629. The highest BCUT2D eigenvalue weighted by Gasteiger charge is 2.30. The zero-order valence-electron chi connectivity index (χ0n) is 10.8. The molecule has 4 heteroatoms. The predicted molar refractivity (Wildman–Crippen MR) is 74.4 cm³/mol. The average Bonchev–Trinajstić information content (AvgIpc) is 2.38. The van der Waals surface area contributed by atoms with Gasteiger partial charge in [0, 0.05) is 22.9 Å². The molecule has 19 heavy (non-hydrogen) atoms. The molecule has 1 aromatic rings. The molecule has 1 aromatic carbocycles. The normalized spacial score (nSPS) is 27.2. The van der Waals surface area contributed by atoms with Crippen molar-refractivity contribution in [1.29, 1.82) is 0 Å². The van der Waals surface area contributed by atoms with E-state index in [1.54, 1.807) is 24.3 Å². The number of rotatable bonds is 4. The molecule has 0 spiro atoms. The number of hydrogen-bond donors (Lipinski definition) is 2. The highest BCUT2D eigenvalue weighted by atomic mass is 35.5. The van der Waals surface area contributed by atoms with E-state index in [1.807, 2.05) is 0 Å². The largest absolute Gasteiger partial charge is 0.393 e. The van der Waals surface area contributed by atoms with Crippen LogP contribution in [-0.4, -0.2) is 28.2 Å². The van der Waals surface area contributed by atoms with Crippen LogP contribution < -0.4 is 0 Å². The van der Waals surface area contributed by atoms with Crippen LogP contribution in [0.1, 0.15) is 42.5 Å². The molecule has 0 amide bonds. The van der Waals surface area contributed by atoms with Gasteiger partial charge < -0.3 is 10.2 Å². The fourth-order valence-electron chi connectivity index (χ4n) is 2.68. The first-order valence-electron chi connectivity index (χ1n) is 6.73. The maximum atomic E-state index is 12.0. The molecule has 1 aliphatic carbocycles. The summed E-state index contributed by atoms with van der Waals surface area (Å²) in [5.74, 6) is -0.147. The van der Waals surface area contributed by atoms with Gasteiger partial charge in [-0.1, -0.05) is 11.6 Å². The fourth-order valence-corrected chi connectivity index (χ4v) is 2.81. The van der Waals surface area contributed by atoms with Crippen molar-refractivity contribution in [3.63, 3.8) is 0 Å². The Hall–Kier alpha value is -0.900. The smallest absolute Gasteiger partial charge is 0.162 e. The van der Waals surface area contributed by atoms with E-state index in [0.717, 1.165) is 19.3 Å². The lowest BCUT2D eigenvalue weighted by Gasteiger charge is -2.32. The van der Waals surface area contributed by atoms with Gasteiger partial charge in [-0.25, -0.2) is 0 Å². The maximum Gasteiger partial charge on any atom is 0.162 e. The second-order valence-corrected chi connectivity index (χ2v) is 5.63. The summed E-state index contributed by atoms with van der Waals surface area (Å²) in [7, 11) is 0. The Kier molecular flexibility index (Phi) is 4.97. The molecule has 1 fully saturated rings. The van der Waals surface area contributed by atoms with Crippen molar-refractivity contribution < 1.29 is 15.0 Å². The van der Waals surface area contributed by atoms with Crippen LogP contribution in [0, 0.1) is 5.92 Å². The molecule has 0 heterocycles. The third-order valence-electron chi connectivity index (χ3n) is 3.86. The number of carbonyl (C=O) groups is 1. The number of benzene rings is 1. The number of aliphatic hydroxyl groups excluding tert-OH is 2. The van der Waals surface area contributed by atoms with E-state index in [9.17, 15) is 15.0 Å². The molecule has 0 aromatic heterocycles. The maximum absolute atomic E-state index is 12.0. The van der Waals surface area contributed by atoms with Crippen LogP contribution in [0.4, 0.5) is 0 Å². The van der Waals surface area contributed by atoms with Gasteiger partial charge in [-0.05, 0) is 49.9 Å². The first-order chi connectivity index (χ1) is 9.08. The van der Waals surface area contributed by atoms with Gasteiger partial charge in [-0.3, -0.25) is 4.79 Å². The zero-order valence-corrected chi connectivity index (χ0v) is 11.5. The van der Waals surface area contributed by atoms with Crippen LogP contribution in [-0.2, 0) is 0 Å². The summed E-state index contributed by atoms with van der Waals surface area (Å²) in [6, 6.07) is 6.80. The number of halogens is 1. The van der Waals surface area contributed by atoms with Gasteiger partial charge in [0.25, 0.3) is 0 Å². The molecule has 2 atom stereocenters. The molecule has 1 saturated carbocycles. The zero-order chi connectivity index (χ0) is 13.8. The molecular weight excluding hydrogens is 264 g/mol. The highest BCUT2D eigenvalue weighted by molar-refractivity contribution is 6.30. The van der Waals surface area contributed by atoms with Crippen molar-refractivity contribution in [1.82, 2.24) is 0 Å². The SMILES string of the molecule is O=C(CCC1C(O)CCCC1O)c1ccc(Cl)cc1. The van der Waals surface area contributed by atoms with E-state index in [0.29, 0.717) is 23.4 Å². The van der Waals surface area contributed by atoms with E-state index in [1.165, 1.54) is 0 Å². The molecule has 0 aliphatic heterocycles. The molecule has 0 bridgehead atoms. The Labute approximate surface area is 118 Å². The van der Waals surface area contributed by atoms with Gasteiger partial charge in [-0.15, -0.1) is 0 Å². The summed E-state index contributed by atoms with van der Waals surface area (Å²) >= 11 is 5.78. The highest BCUT2D eigenvalue weighted by Crippen LogP contribution is 2.29. The van der Waals surface area contributed by atoms with Crippen molar-refractivity contribution in [3.05, 3.63) is 34.9 Å². The quantitative estimate of drug-likeness (QED) is 0.835. The van der Waals surface area contributed by atoms with Crippen LogP contribution in [0.25, 0.3) is 0 Å². The predicted octanol–water partition coefficient (Wildman–Crippen LogP) is 2.82. The lowest BCUT2D eigenvalue weighted by molar-refractivity contribution is -0.0268. The van der Waals surface area contributed by atoms with Crippen molar-refractivity contribution in [2.45, 2.75) is 44.3 Å². The van der Waals surface area contributed by atoms with E-state index in [2.05, 4.69) is 0 Å². The lowest BCUT2D eigenvalue weighted by atomic mass is 9.80. The molecule has 0 saturated heterocycles. The number of ketones is 1.